The van der Waals surface area contributed by atoms with Gasteiger partial charge in [0.15, 0.2) is 5.69 Å². The van der Waals surface area contributed by atoms with Crippen molar-refractivity contribution in [2.45, 2.75) is 19.1 Å². The van der Waals surface area contributed by atoms with Crippen molar-refractivity contribution in [1.82, 2.24) is 4.98 Å². The third-order valence-corrected chi connectivity index (χ3v) is 2.07. The Balaban J connectivity index is 3.62. The molecule has 0 saturated carbocycles. The minimum absolute atomic E-state index is 0.593. The van der Waals surface area contributed by atoms with E-state index < -0.39 is 47.6 Å². The van der Waals surface area contributed by atoms with E-state index in [-0.39, 0.29) is 0 Å². The number of alkyl halides is 5. The van der Waals surface area contributed by atoms with Crippen LogP contribution in [0.25, 0.3) is 0 Å². The molecule has 0 aromatic carbocycles. The molecule has 0 aliphatic rings. The second kappa shape index (κ2) is 4.84. The number of carboxylic acids is 1. The molecular formula is C9H7F5N2O2. The van der Waals surface area contributed by atoms with Crippen LogP contribution in [-0.2, 0) is 12.7 Å². The summed E-state index contributed by atoms with van der Waals surface area (Å²) < 4.78 is 62.8. The van der Waals surface area contributed by atoms with Crippen molar-refractivity contribution in [2.75, 3.05) is 0 Å². The zero-order chi connectivity index (χ0) is 14.1. The highest BCUT2D eigenvalue weighted by Crippen LogP contribution is 2.37. The topological polar surface area (TPSA) is 76.2 Å². The van der Waals surface area contributed by atoms with Gasteiger partial charge >= 0.3 is 12.1 Å². The molecule has 0 saturated heterocycles. The van der Waals surface area contributed by atoms with Crippen molar-refractivity contribution in [3.05, 3.63) is 28.6 Å². The van der Waals surface area contributed by atoms with Gasteiger partial charge in [-0.15, -0.1) is 0 Å². The van der Waals surface area contributed by atoms with Crippen LogP contribution in [0.15, 0.2) is 6.07 Å². The molecule has 0 fully saturated rings. The van der Waals surface area contributed by atoms with Gasteiger partial charge in [-0.3, -0.25) is 0 Å². The van der Waals surface area contributed by atoms with E-state index in [2.05, 4.69) is 4.98 Å². The summed E-state index contributed by atoms with van der Waals surface area (Å²) in [5.74, 6) is -1.75. The molecule has 9 heteroatoms. The number of hydrogen-bond acceptors (Lipinski definition) is 3. The van der Waals surface area contributed by atoms with Gasteiger partial charge in [0.2, 0.25) is 0 Å². The fourth-order valence-electron chi connectivity index (χ4n) is 1.35. The molecule has 0 radical (unpaired) electrons. The Bertz CT molecular complexity index is 473. The Hall–Kier alpha value is -1.77. The number of aromatic nitrogens is 1. The molecule has 4 nitrogen and oxygen atoms in total. The Morgan fingerprint density at radius 3 is 2.33 bits per heavy atom. The van der Waals surface area contributed by atoms with Crippen molar-refractivity contribution < 1.29 is 31.9 Å². The van der Waals surface area contributed by atoms with E-state index in [1.807, 2.05) is 0 Å². The Morgan fingerprint density at radius 2 is 2.00 bits per heavy atom. The number of halogens is 5. The van der Waals surface area contributed by atoms with Crippen LogP contribution in [0.1, 0.15) is 33.7 Å². The Kier molecular flexibility index (Phi) is 3.85. The molecular weight excluding hydrogens is 263 g/mol. The summed E-state index contributed by atoms with van der Waals surface area (Å²) in [6.45, 7) is -0.647. The van der Waals surface area contributed by atoms with Gasteiger partial charge in [0, 0.05) is 6.54 Å². The molecule has 0 aliphatic carbocycles. The summed E-state index contributed by atoms with van der Waals surface area (Å²) in [5.41, 5.74) is 0.178. The van der Waals surface area contributed by atoms with Gasteiger partial charge in [0.05, 0.1) is 5.56 Å². The summed E-state index contributed by atoms with van der Waals surface area (Å²) in [5, 5.41) is 8.57. The van der Waals surface area contributed by atoms with Crippen LogP contribution in [0.3, 0.4) is 0 Å². The highest BCUT2D eigenvalue weighted by molar-refractivity contribution is 5.85. The zero-order valence-corrected chi connectivity index (χ0v) is 8.63. The van der Waals surface area contributed by atoms with Crippen LogP contribution in [0.4, 0.5) is 22.0 Å². The van der Waals surface area contributed by atoms with E-state index in [0.29, 0.717) is 6.07 Å². The molecule has 1 aromatic heterocycles. The number of nitrogens with zero attached hydrogens (tertiary/aromatic N) is 1. The van der Waals surface area contributed by atoms with Gasteiger partial charge in [0.1, 0.15) is 5.69 Å². The van der Waals surface area contributed by atoms with Gasteiger partial charge < -0.3 is 10.8 Å². The molecule has 3 N–H and O–H groups in total. The molecule has 18 heavy (non-hydrogen) atoms. The lowest BCUT2D eigenvalue weighted by Gasteiger charge is -2.15. The van der Waals surface area contributed by atoms with Gasteiger partial charge in [-0.1, -0.05) is 0 Å². The molecule has 1 rings (SSSR count). The second-order valence-electron chi connectivity index (χ2n) is 3.24. The minimum atomic E-state index is -5.18. The maximum absolute atomic E-state index is 12.6. The van der Waals surface area contributed by atoms with Crippen LogP contribution in [0.5, 0.6) is 0 Å². The number of nitrogens with two attached hydrogens (primary N) is 1. The van der Waals surface area contributed by atoms with Gasteiger partial charge in [-0.25, -0.2) is 18.6 Å². The first-order valence-electron chi connectivity index (χ1n) is 4.51. The maximum atomic E-state index is 12.6. The predicted molar refractivity (Wildman–Crippen MR) is 49.0 cm³/mol. The first-order chi connectivity index (χ1) is 8.18. The fraction of sp³-hybridized carbons (Fsp3) is 0.333. The zero-order valence-electron chi connectivity index (χ0n) is 8.63. The molecule has 0 spiro atoms. The Labute approximate surface area is 97.2 Å². The van der Waals surface area contributed by atoms with Gasteiger partial charge in [-0.05, 0) is 11.6 Å². The van der Waals surface area contributed by atoms with E-state index in [4.69, 9.17) is 10.8 Å². The average Bonchev–Trinajstić information content (AvgIpc) is 2.25. The lowest BCUT2D eigenvalue weighted by atomic mass is 10.0. The molecule has 100 valence electrons. The van der Waals surface area contributed by atoms with Crippen LogP contribution in [0.2, 0.25) is 0 Å². The van der Waals surface area contributed by atoms with E-state index in [1.54, 1.807) is 0 Å². The number of hydrogen-bond donors (Lipinski definition) is 2. The Morgan fingerprint density at radius 1 is 1.44 bits per heavy atom. The number of pyridine rings is 1. The smallest absolute Gasteiger partial charge is 0.433 e. The van der Waals surface area contributed by atoms with Crippen LogP contribution >= 0.6 is 0 Å². The summed E-state index contributed by atoms with van der Waals surface area (Å²) in [7, 11) is 0. The first-order valence-corrected chi connectivity index (χ1v) is 4.51. The number of carboxylic acid groups (broad SMARTS) is 1. The largest absolute Gasteiger partial charge is 0.477 e. The van der Waals surface area contributed by atoms with Gasteiger partial charge in [-0.2, -0.15) is 13.2 Å². The van der Waals surface area contributed by atoms with Crippen LogP contribution in [0, 0.1) is 0 Å². The highest BCUT2D eigenvalue weighted by Gasteiger charge is 2.39. The van der Waals surface area contributed by atoms with E-state index in [9.17, 15) is 26.7 Å². The lowest BCUT2D eigenvalue weighted by molar-refractivity contribution is -0.143. The third kappa shape index (κ3) is 2.73. The molecule has 0 atom stereocenters. The SMILES string of the molecule is NCc1cc(C(=O)O)nc(C(F)(F)F)c1C(F)F. The van der Waals surface area contributed by atoms with E-state index >= 15 is 0 Å². The first kappa shape index (κ1) is 14.3. The predicted octanol–water partition coefficient (Wildman–Crippen LogP) is 2.19. The van der Waals surface area contributed by atoms with Crippen molar-refractivity contribution in [1.29, 1.82) is 0 Å². The molecule has 0 aliphatic heterocycles. The van der Waals surface area contributed by atoms with Crippen molar-refractivity contribution in [3.63, 3.8) is 0 Å². The number of carbonyl (C=O) groups is 1. The molecule has 1 aromatic rings. The van der Waals surface area contributed by atoms with Gasteiger partial charge in [0.25, 0.3) is 6.43 Å². The van der Waals surface area contributed by atoms with Crippen LogP contribution < -0.4 is 5.73 Å². The summed E-state index contributed by atoms with van der Waals surface area (Å²) >= 11 is 0. The molecule has 0 unspecified atom stereocenters. The second-order valence-corrected chi connectivity index (χ2v) is 3.24. The van der Waals surface area contributed by atoms with Crippen LogP contribution in [-0.4, -0.2) is 16.1 Å². The molecule has 1 heterocycles. The minimum Gasteiger partial charge on any atom is -0.477 e. The summed E-state index contributed by atoms with van der Waals surface area (Å²) in [6.07, 6.45) is -8.63. The van der Waals surface area contributed by atoms with Crippen molar-refractivity contribution >= 4 is 5.97 Å². The maximum Gasteiger partial charge on any atom is 0.433 e. The number of aromatic carboxylic acids is 1. The van der Waals surface area contributed by atoms with E-state index in [0.717, 1.165) is 0 Å². The monoisotopic (exact) mass is 270 g/mol. The molecule has 0 amide bonds. The number of rotatable bonds is 3. The fourth-order valence-corrected chi connectivity index (χ4v) is 1.35. The summed E-state index contributed by atoms with van der Waals surface area (Å²) in [6, 6.07) is 0.610. The quantitative estimate of drug-likeness (QED) is 0.825. The average molecular weight is 270 g/mol. The standard InChI is InChI=1S/C9H7F5N2O2/c10-7(11)5-3(2-15)1-4(8(17)18)16-6(5)9(12,13)14/h1,7H,2,15H2,(H,17,18). The lowest BCUT2D eigenvalue weighted by Crippen LogP contribution is -2.19. The van der Waals surface area contributed by atoms with Crippen molar-refractivity contribution in [3.8, 4) is 0 Å². The highest BCUT2D eigenvalue weighted by atomic mass is 19.4. The molecule has 0 bridgehead atoms. The van der Waals surface area contributed by atoms with E-state index in [1.165, 1.54) is 0 Å². The normalized spacial score (nSPS) is 11.9. The summed E-state index contributed by atoms with van der Waals surface area (Å²) in [4.78, 5) is 13.3. The third-order valence-electron chi connectivity index (χ3n) is 2.07. The van der Waals surface area contributed by atoms with Crippen molar-refractivity contribution in [2.24, 2.45) is 5.73 Å².